The third-order valence-corrected chi connectivity index (χ3v) is 3.03. The Morgan fingerprint density at radius 1 is 1.67 bits per heavy atom. The van der Waals surface area contributed by atoms with Gasteiger partial charge in [-0.05, 0) is 20.3 Å². The molecule has 1 rings (SSSR count). The standard InChI is InChI=1S/C8H15NOS2/c1-8(2,12)6-3-5(4-11)7(10)9-6/h5-6,11-12H,3-4H2,1-2H3,(H,9,10)/t5-,6+/m1/s1. The normalized spacial score (nSPS) is 30.5. The third kappa shape index (κ3) is 2.10. The van der Waals surface area contributed by atoms with Crippen LogP contribution in [0.1, 0.15) is 20.3 Å². The van der Waals surface area contributed by atoms with Gasteiger partial charge in [-0.15, -0.1) is 0 Å². The van der Waals surface area contributed by atoms with Gasteiger partial charge in [0, 0.05) is 22.5 Å². The average Bonchev–Trinajstić information content (AvgIpc) is 2.29. The maximum Gasteiger partial charge on any atom is 0.224 e. The molecule has 2 atom stereocenters. The van der Waals surface area contributed by atoms with Crippen LogP contribution in [0.4, 0.5) is 0 Å². The zero-order chi connectivity index (χ0) is 9.35. The second kappa shape index (κ2) is 3.50. The summed E-state index contributed by atoms with van der Waals surface area (Å²) in [4.78, 5) is 11.3. The Morgan fingerprint density at radius 2 is 2.25 bits per heavy atom. The highest BCUT2D eigenvalue weighted by Gasteiger charge is 2.37. The summed E-state index contributed by atoms with van der Waals surface area (Å²) >= 11 is 8.56. The summed E-state index contributed by atoms with van der Waals surface area (Å²) < 4.78 is -0.132. The first-order valence-corrected chi connectivity index (χ1v) is 5.16. The van der Waals surface area contributed by atoms with Crippen LogP contribution in [0.3, 0.4) is 0 Å². The summed E-state index contributed by atoms with van der Waals surface area (Å²) in [5.74, 6) is 0.827. The quantitative estimate of drug-likeness (QED) is 0.580. The zero-order valence-electron chi connectivity index (χ0n) is 7.37. The van der Waals surface area contributed by atoms with E-state index in [4.69, 9.17) is 0 Å². The molecule has 1 fully saturated rings. The largest absolute Gasteiger partial charge is 0.352 e. The van der Waals surface area contributed by atoms with E-state index in [1.807, 2.05) is 13.8 Å². The van der Waals surface area contributed by atoms with Gasteiger partial charge in [0.1, 0.15) is 0 Å². The fraction of sp³-hybridized carbons (Fsp3) is 0.875. The van der Waals surface area contributed by atoms with E-state index in [1.54, 1.807) is 0 Å². The molecule has 0 aromatic heterocycles. The Hall–Kier alpha value is 0.170. The monoisotopic (exact) mass is 205 g/mol. The van der Waals surface area contributed by atoms with Crippen LogP contribution < -0.4 is 5.32 Å². The molecule has 1 aliphatic rings. The van der Waals surface area contributed by atoms with E-state index in [0.29, 0.717) is 5.75 Å². The highest BCUT2D eigenvalue weighted by atomic mass is 32.1. The van der Waals surface area contributed by atoms with Gasteiger partial charge in [-0.25, -0.2) is 0 Å². The van der Waals surface area contributed by atoms with Crippen molar-refractivity contribution in [3.05, 3.63) is 0 Å². The Kier molecular flexibility index (Phi) is 2.99. The number of thiol groups is 2. The fourth-order valence-corrected chi connectivity index (χ4v) is 1.85. The van der Waals surface area contributed by atoms with Crippen LogP contribution in [0.2, 0.25) is 0 Å². The van der Waals surface area contributed by atoms with Crippen molar-refractivity contribution in [2.75, 3.05) is 5.75 Å². The molecule has 12 heavy (non-hydrogen) atoms. The van der Waals surface area contributed by atoms with Gasteiger partial charge in [-0.2, -0.15) is 25.3 Å². The molecule has 2 nitrogen and oxygen atoms in total. The maximum absolute atomic E-state index is 11.3. The van der Waals surface area contributed by atoms with E-state index in [2.05, 4.69) is 30.6 Å². The van der Waals surface area contributed by atoms with Crippen molar-refractivity contribution in [3.8, 4) is 0 Å². The van der Waals surface area contributed by atoms with E-state index >= 15 is 0 Å². The number of amides is 1. The molecule has 0 unspecified atom stereocenters. The molecule has 1 heterocycles. The van der Waals surface area contributed by atoms with Crippen LogP contribution in [-0.2, 0) is 4.79 Å². The van der Waals surface area contributed by atoms with Crippen molar-refractivity contribution >= 4 is 31.2 Å². The molecule has 0 bridgehead atoms. The molecule has 1 N–H and O–H groups in total. The lowest BCUT2D eigenvalue weighted by Gasteiger charge is -2.25. The molecule has 0 aromatic rings. The molecular weight excluding hydrogens is 190 g/mol. The smallest absolute Gasteiger partial charge is 0.224 e. The van der Waals surface area contributed by atoms with Crippen LogP contribution in [0.5, 0.6) is 0 Å². The van der Waals surface area contributed by atoms with Crippen LogP contribution in [0.25, 0.3) is 0 Å². The van der Waals surface area contributed by atoms with Crippen molar-refractivity contribution in [2.45, 2.75) is 31.1 Å². The lowest BCUT2D eigenvalue weighted by atomic mass is 9.98. The van der Waals surface area contributed by atoms with Crippen LogP contribution in [0.15, 0.2) is 0 Å². The number of hydrogen-bond acceptors (Lipinski definition) is 3. The number of carbonyl (C=O) groups is 1. The van der Waals surface area contributed by atoms with Crippen molar-refractivity contribution < 1.29 is 4.79 Å². The van der Waals surface area contributed by atoms with Gasteiger partial charge in [0.2, 0.25) is 5.91 Å². The molecule has 0 aromatic carbocycles. The second-order valence-corrected chi connectivity index (χ2v) is 5.35. The molecule has 4 heteroatoms. The van der Waals surface area contributed by atoms with Gasteiger partial charge in [0.05, 0.1) is 0 Å². The first-order chi connectivity index (χ1) is 5.45. The number of nitrogens with one attached hydrogen (secondary N) is 1. The predicted molar refractivity (Wildman–Crippen MR) is 57.0 cm³/mol. The molecular formula is C8H15NOS2. The van der Waals surface area contributed by atoms with E-state index < -0.39 is 0 Å². The predicted octanol–water partition coefficient (Wildman–Crippen LogP) is 1.13. The molecule has 0 aliphatic carbocycles. The van der Waals surface area contributed by atoms with Gasteiger partial charge in [-0.1, -0.05) is 0 Å². The van der Waals surface area contributed by atoms with Gasteiger partial charge < -0.3 is 5.32 Å². The lowest BCUT2D eigenvalue weighted by molar-refractivity contribution is -0.122. The first kappa shape index (κ1) is 10.3. The Bertz CT molecular complexity index is 188. The van der Waals surface area contributed by atoms with Crippen LogP contribution in [-0.4, -0.2) is 22.4 Å². The fourth-order valence-electron chi connectivity index (χ4n) is 1.36. The molecule has 0 saturated carbocycles. The highest BCUT2D eigenvalue weighted by molar-refractivity contribution is 7.81. The summed E-state index contributed by atoms with van der Waals surface area (Å²) in [6.07, 6.45) is 0.860. The van der Waals surface area contributed by atoms with Crippen molar-refractivity contribution in [1.82, 2.24) is 5.32 Å². The zero-order valence-corrected chi connectivity index (χ0v) is 9.16. The lowest BCUT2D eigenvalue weighted by Crippen LogP contribution is -2.40. The molecule has 1 aliphatic heterocycles. The van der Waals surface area contributed by atoms with E-state index in [9.17, 15) is 4.79 Å². The molecule has 0 spiro atoms. The summed E-state index contributed by atoms with van der Waals surface area (Å²) in [5, 5.41) is 2.93. The number of rotatable bonds is 2. The molecule has 1 saturated heterocycles. The van der Waals surface area contributed by atoms with Gasteiger partial charge in [-0.3, -0.25) is 4.79 Å². The van der Waals surface area contributed by atoms with Gasteiger partial charge in [0.25, 0.3) is 0 Å². The minimum Gasteiger partial charge on any atom is -0.352 e. The maximum atomic E-state index is 11.3. The van der Waals surface area contributed by atoms with E-state index in [-0.39, 0.29) is 22.6 Å². The topological polar surface area (TPSA) is 29.1 Å². The SMILES string of the molecule is CC(C)(S)[C@@H]1C[C@H](CS)C(=O)N1. The summed E-state index contributed by atoms with van der Waals surface area (Å²) in [7, 11) is 0. The Labute approximate surface area is 84.3 Å². The van der Waals surface area contributed by atoms with Crippen molar-refractivity contribution in [2.24, 2.45) is 5.92 Å². The van der Waals surface area contributed by atoms with E-state index in [1.165, 1.54) is 0 Å². The average molecular weight is 205 g/mol. The molecule has 0 radical (unpaired) electrons. The highest BCUT2D eigenvalue weighted by Crippen LogP contribution is 2.28. The minimum absolute atomic E-state index is 0.0739. The van der Waals surface area contributed by atoms with Crippen molar-refractivity contribution in [1.29, 1.82) is 0 Å². The summed E-state index contributed by atoms with van der Waals surface area (Å²) in [6, 6.07) is 0.186. The Balaban J connectivity index is 2.60. The van der Waals surface area contributed by atoms with Crippen molar-refractivity contribution in [3.63, 3.8) is 0 Å². The number of hydrogen-bond donors (Lipinski definition) is 3. The second-order valence-electron chi connectivity index (χ2n) is 3.83. The molecule has 1 amide bonds. The summed E-state index contributed by atoms with van der Waals surface area (Å²) in [5.41, 5.74) is 0. The minimum atomic E-state index is -0.132. The van der Waals surface area contributed by atoms with Gasteiger partial charge in [0.15, 0.2) is 0 Å². The first-order valence-electron chi connectivity index (χ1n) is 4.08. The Morgan fingerprint density at radius 3 is 2.50 bits per heavy atom. The van der Waals surface area contributed by atoms with Gasteiger partial charge >= 0.3 is 0 Å². The number of carbonyl (C=O) groups excluding carboxylic acids is 1. The third-order valence-electron chi connectivity index (χ3n) is 2.28. The summed E-state index contributed by atoms with van der Waals surface area (Å²) in [6.45, 7) is 4.03. The van der Waals surface area contributed by atoms with Crippen LogP contribution in [0, 0.1) is 5.92 Å². The van der Waals surface area contributed by atoms with E-state index in [0.717, 1.165) is 6.42 Å². The molecule has 70 valence electrons. The van der Waals surface area contributed by atoms with Crippen LogP contribution >= 0.6 is 25.3 Å².